The Bertz CT molecular complexity index is 1850. The van der Waals surface area contributed by atoms with Gasteiger partial charge in [-0.3, -0.25) is 9.36 Å². The minimum absolute atomic E-state index is 0.0112. The largest absolute Gasteiger partial charge is 0.479 e. The van der Waals surface area contributed by atoms with E-state index >= 15 is 0 Å². The molecule has 3 atom stereocenters. The Hall–Kier alpha value is -4.85. The van der Waals surface area contributed by atoms with Crippen LogP contribution in [0.5, 0.6) is 0 Å². The molecular weight excluding hydrogens is 612 g/mol. The lowest BCUT2D eigenvalue weighted by Gasteiger charge is -2.29. The van der Waals surface area contributed by atoms with Crippen LogP contribution in [0.25, 0.3) is 22.3 Å². The van der Waals surface area contributed by atoms with Crippen molar-refractivity contribution in [3.05, 3.63) is 70.1 Å². The summed E-state index contributed by atoms with van der Waals surface area (Å²) in [4.78, 5) is 49.7. The number of fused-ring (bicyclic) bond motifs is 1. The van der Waals surface area contributed by atoms with Gasteiger partial charge >= 0.3 is 11.9 Å². The molecule has 0 saturated carbocycles. The summed E-state index contributed by atoms with van der Waals surface area (Å²) in [6, 6.07) is 9.29. The molecule has 45 heavy (non-hydrogen) atoms. The SMILES string of the molecule is C#C[C@]1(O)C[C@H](n2cnc3c(N)nc(Cl)nc32)O[C@@H]1COC(Cc1ccc(-c2cccn(CCO)c2=O)cc1)(C(=O)O)C(=O)O. The molecule has 15 nitrogen and oxygen atoms in total. The average Bonchev–Trinajstić information content (AvgIpc) is 3.58. The van der Waals surface area contributed by atoms with Crippen molar-refractivity contribution in [1.29, 1.82) is 0 Å². The lowest BCUT2D eigenvalue weighted by molar-refractivity contribution is -0.191. The number of aliphatic hydroxyl groups is 2. The summed E-state index contributed by atoms with van der Waals surface area (Å²) >= 11 is 5.94. The summed E-state index contributed by atoms with van der Waals surface area (Å²) < 4.78 is 14.3. The van der Waals surface area contributed by atoms with Gasteiger partial charge in [0.15, 0.2) is 17.1 Å². The Balaban J connectivity index is 1.38. The first-order chi connectivity index (χ1) is 21.4. The highest BCUT2D eigenvalue weighted by Gasteiger charge is 2.53. The van der Waals surface area contributed by atoms with Crippen LogP contribution in [0.4, 0.5) is 5.82 Å². The van der Waals surface area contributed by atoms with E-state index in [-0.39, 0.29) is 53.0 Å². The highest BCUT2D eigenvalue weighted by molar-refractivity contribution is 6.28. The summed E-state index contributed by atoms with van der Waals surface area (Å²) in [7, 11) is 0. The molecule has 1 aliphatic rings. The van der Waals surface area contributed by atoms with E-state index in [1.807, 2.05) is 0 Å². The Morgan fingerprint density at radius 3 is 2.58 bits per heavy atom. The second-order valence-electron chi connectivity index (χ2n) is 10.3. The lowest BCUT2D eigenvalue weighted by Crippen LogP contribution is -2.53. The molecule has 0 aliphatic carbocycles. The predicted octanol–water partition coefficient (Wildman–Crippen LogP) is 0.702. The van der Waals surface area contributed by atoms with Crippen molar-refractivity contribution in [2.75, 3.05) is 18.9 Å². The number of aliphatic carboxylic acids is 2. The fraction of sp³-hybridized carbons (Fsp3) is 0.310. The molecule has 0 bridgehead atoms. The van der Waals surface area contributed by atoms with E-state index in [1.54, 1.807) is 24.3 Å². The van der Waals surface area contributed by atoms with Gasteiger partial charge in [0, 0.05) is 31.1 Å². The van der Waals surface area contributed by atoms with Gasteiger partial charge < -0.3 is 40.2 Å². The molecule has 1 aliphatic heterocycles. The van der Waals surface area contributed by atoms with Crippen LogP contribution < -0.4 is 11.3 Å². The summed E-state index contributed by atoms with van der Waals surface area (Å²) in [6.07, 6.45) is 5.32. The summed E-state index contributed by atoms with van der Waals surface area (Å²) in [6.45, 7) is -0.829. The van der Waals surface area contributed by atoms with Crippen LogP contribution in [-0.4, -0.2) is 87.0 Å². The molecule has 4 aromatic rings. The number of nitrogens with zero attached hydrogens (tertiary/aromatic N) is 5. The molecule has 0 radical (unpaired) electrons. The maximum absolute atomic E-state index is 12.7. The van der Waals surface area contributed by atoms with Gasteiger partial charge in [-0.15, -0.1) is 6.42 Å². The van der Waals surface area contributed by atoms with Crippen LogP contribution >= 0.6 is 11.6 Å². The third-order valence-corrected chi connectivity index (χ3v) is 7.74. The number of aromatic nitrogens is 5. The number of hydrogen-bond acceptors (Lipinski definition) is 11. The molecule has 234 valence electrons. The average molecular weight is 639 g/mol. The number of carbonyl (C=O) groups is 2. The van der Waals surface area contributed by atoms with E-state index < -0.39 is 48.5 Å². The van der Waals surface area contributed by atoms with E-state index in [4.69, 9.17) is 33.2 Å². The molecule has 3 aromatic heterocycles. The smallest absolute Gasteiger partial charge is 0.348 e. The number of benzene rings is 1. The number of carboxylic acids is 2. The number of nitrogens with two attached hydrogens (primary N) is 1. The number of terminal acetylenes is 1. The number of ether oxygens (including phenoxy) is 2. The van der Waals surface area contributed by atoms with Crippen molar-refractivity contribution in [1.82, 2.24) is 24.1 Å². The van der Waals surface area contributed by atoms with Gasteiger partial charge in [-0.05, 0) is 34.9 Å². The van der Waals surface area contributed by atoms with E-state index in [2.05, 4.69) is 20.9 Å². The van der Waals surface area contributed by atoms with Crippen LogP contribution in [-0.2, 0) is 32.0 Å². The molecule has 4 heterocycles. The first-order valence-corrected chi connectivity index (χ1v) is 13.8. The third kappa shape index (κ3) is 5.84. The molecule has 0 spiro atoms. The van der Waals surface area contributed by atoms with Gasteiger partial charge in [-0.25, -0.2) is 14.6 Å². The van der Waals surface area contributed by atoms with E-state index in [0.717, 1.165) is 0 Å². The minimum atomic E-state index is -2.80. The molecule has 1 saturated heterocycles. The van der Waals surface area contributed by atoms with Gasteiger partial charge in [-0.1, -0.05) is 30.2 Å². The van der Waals surface area contributed by atoms with Gasteiger partial charge in [0.25, 0.3) is 11.2 Å². The molecule has 6 N–H and O–H groups in total. The second kappa shape index (κ2) is 12.3. The molecular formula is C29H27ClN6O9. The Labute approximate surface area is 259 Å². The van der Waals surface area contributed by atoms with E-state index in [0.29, 0.717) is 11.1 Å². The summed E-state index contributed by atoms with van der Waals surface area (Å²) in [5.41, 5.74) is 2.25. The molecule has 5 rings (SSSR count). The standard InChI is InChI=1S/C29H27ClN6O9/c1-2-28(43)13-20(36-15-32-21-22(31)33-27(30)34-23(21)36)45-19(28)14-44-29(25(39)40,26(41)42)12-16-5-7-17(8-6-16)18-4-3-9-35(10-11-37)24(18)38/h1,3-9,15,19-20,37,43H,10-14H2,(H,39,40)(H,41,42)(H2,31,33,34)/t19-,20-,28+/m1/s1. The normalized spacial score (nSPS) is 19.9. The molecule has 1 fully saturated rings. The van der Waals surface area contributed by atoms with Crippen LogP contribution in [0, 0.1) is 12.3 Å². The van der Waals surface area contributed by atoms with Crippen LogP contribution in [0.15, 0.2) is 53.7 Å². The van der Waals surface area contributed by atoms with Gasteiger partial charge in [0.1, 0.15) is 17.8 Å². The first-order valence-electron chi connectivity index (χ1n) is 13.4. The fourth-order valence-corrected chi connectivity index (χ4v) is 5.30. The number of pyridine rings is 1. The quantitative estimate of drug-likeness (QED) is 0.0867. The third-order valence-electron chi connectivity index (χ3n) is 7.57. The number of aliphatic hydroxyl groups excluding tert-OH is 1. The Kier molecular flexibility index (Phi) is 8.61. The maximum Gasteiger partial charge on any atom is 0.348 e. The van der Waals surface area contributed by atoms with Crippen LogP contribution in [0.2, 0.25) is 5.28 Å². The number of imidazole rings is 1. The van der Waals surface area contributed by atoms with E-state index in [9.17, 15) is 34.8 Å². The number of carboxylic acid groups (broad SMARTS) is 2. The van der Waals surface area contributed by atoms with Gasteiger partial charge in [0.2, 0.25) is 5.28 Å². The van der Waals surface area contributed by atoms with Gasteiger partial charge in [-0.2, -0.15) is 9.97 Å². The van der Waals surface area contributed by atoms with Gasteiger partial charge in [0.05, 0.1) is 19.5 Å². The topological polar surface area (TPSA) is 225 Å². The fourth-order valence-electron chi connectivity index (χ4n) is 5.13. The monoisotopic (exact) mass is 638 g/mol. The predicted molar refractivity (Wildman–Crippen MR) is 158 cm³/mol. The maximum atomic E-state index is 12.7. The molecule has 16 heteroatoms. The number of rotatable bonds is 11. The van der Waals surface area contributed by atoms with Crippen molar-refractivity contribution < 1.29 is 39.5 Å². The number of anilines is 1. The Morgan fingerprint density at radius 2 is 1.93 bits per heavy atom. The highest BCUT2D eigenvalue weighted by Crippen LogP contribution is 2.39. The summed E-state index contributed by atoms with van der Waals surface area (Å²) in [5.74, 6) is -1.35. The van der Waals surface area contributed by atoms with Crippen LogP contribution in [0.3, 0.4) is 0 Å². The van der Waals surface area contributed by atoms with Crippen molar-refractivity contribution in [2.24, 2.45) is 0 Å². The highest BCUT2D eigenvalue weighted by atomic mass is 35.5. The Morgan fingerprint density at radius 1 is 1.22 bits per heavy atom. The number of halogens is 1. The number of hydrogen-bond donors (Lipinski definition) is 5. The zero-order valence-electron chi connectivity index (χ0n) is 23.4. The molecule has 1 aromatic carbocycles. The summed E-state index contributed by atoms with van der Waals surface area (Å²) in [5, 5.41) is 40.4. The van der Waals surface area contributed by atoms with Crippen molar-refractivity contribution in [3.8, 4) is 23.5 Å². The second-order valence-corrected chi connectivity index (χ2v) is 10.7. The van der Waals surface area contributed by atoms with Crippen molar-refractivity contribution >= 4 is 40.5 Å². The molecule has 0 unspecified atom stereocenters. The van der Waals surface area contributed by atoms with Crippen LogP contribution in [0.1, 0.15) is 18.2 Å². The number of nitrogen functional groups attached to an aromatic ring is 1. The lowest BCUT2D eigenvalue weighted by atomic mass is 9.92. The zero-order valence-corrected chi connectivity index (χ0v) is 24.2. The molecule has 0 amide bonds. The zero-order chi connectivity index (χ0) is 32.5. The van der Waals surface area contributed by atoms with E-state index in [1.165, 1.54) is 33.8 Å². The first kappa shape index (κ1) is 31.6. The van der Waals surface area contributed by atoms with Crippen molar-refractivity contribution in [2.45, 2.75) is 42.9 Å². The van der Waals surface area contributed by atoms with Crippen molar-refractivity contribution in [3.63, 3.8) is 0 Å². The minimum Gasteiger partial charge on any atom is -0.479 e.